The molecule has 3 aromatic carbocycles. The summed E-state index contributed by atoms with van der Waals surface area (Å²) in [7, 11) is -2.06. The summed E-state index contributed by atoms with van der Waals surface area (Å²) in [5, 5.41) is 4.27. The van der Waals surface area contributed by atoms with Crippen LogP contribution < -0.4 is 15.9 Å². The van der Waals surface area contributed by atoms with Gasteiger partial charge in [-0.05, 0) is 0 Å². The fourth-order valence-electron chi connectivity index (χ4n) is 3.24. The third-order valence-electron chi connectivity index (χ3n) is 4.27. The zero-order chi connectivity index (χ0) is 15.3. The average molecular weight is 327 g/mol. The molecule has 0 aliphatic rings. The molecule has 22 heavy (non-hydrogen) atoms. The monoisotopic (exact) mass is 326 g/mol. The number of alkyl halides is 1. The summed E-state index contributed by atoms with van der Waals surface area (Å²) in [5.41, 5.74) is 0. The zero-order valence-corrected chi connectivity index (χ0v) is 14.2. The minimum atomic E-state index is -2.06. The molecule has 3 rings (SSSR count). The van der Waals surface area contributed by atoms with Crippen LogP contribution in [0.15, 0.2) is 91.0 Å². The van der Waals surface area contributed by atoms with Crippen LogP contribution in [0.2, 0.25) is 0 Å². The van der Waals surface area contributed by atoms with E-state index in [4.69, 9.17) is 11.6 Å². The van der Waals surface area contributed by atoms with Gasteiger partial charge in [0.05, 0.1) is 0 Å². The molecule has 2 heteroatoms. The molecule has 0 amide bonds. The van der Waals surface area contributed by atoms with Gasteiger partial charge in [0.25, 0.3) is 0 Å². The summed E-state index contributed by atoms with van der Waals surface area (Å²) in [6, 6.07) is 32.6. The van der Waals surface area contributed by atoms with Crippen LogP contribution in [0.3, 0.4) is 0 Å². The number of halogens is 1. The average Bonchev–Trinajstić information content (AvgIpc) is 2.62. The number of benzene rings is 3. The van der Waals surface area contributed by atoms with Crippen LogP contribution in [0.25, 0.3) is 0 Å². The van der Waals surface area contributed by atoms with Gasteiger partial charge in [0.1, 0.15) is 0 Å². The van der Waals surface area contributed by atoms with E-state index in [0.29, 0.717) is 5.88 Å². The first kappa shape index (κ1) is 15.3. The molecule has 0 spiro atoms. The van der Waals surface area contributed by atoms with E-state index in [1.165, 1.54) is 15.9 Å². The van der Waals surface area contributed by atoms with Crippen molar-refractivity contribution in [2.45, 2.75) is 0 Å². The summed E-state index contributed by atoms with van der Waals surface area (Å²) >= 11 is 6.27. The van der Waals surface area contributed by atoms with E-state index < -0.39 is 7.26 Å². The van der Waals surface area contributed by atoms with E-state index in [1.807, 2.05) is 0 Å². The van der Waals surface area contributed by atoms with E-state index >= 15 is 0 Å². The third kappa shape index (κ3) is 2.82. The van der Waals surface area contributed by atoms with Crippen molar-refractivity contribution in [1.29, 1.82) is 0 Å². The van der Waals surface area contributed by atoms with Gasteiger partial charge in [-0.3, -0.25) is 0 Å². The molecule has 112 valence electrons. The molecule has 0 bridgehead atoms. The second-order valence-corrected chi connectivity index (χ2v) is 9.86. The molecule has 0 heterocycles. The summed E-state index contributed by atoms with van der Waals surface area (Å²) < 4.78 is 0. The van der Waals surface area contributed by atoms with Crippen LogP contribution in [0.5, 0.6) is 0 Å². The molecule has 0 N–H and O–H groups in total. The van der Waals surface area contributed by atoms with Crippen molar-refractivity contribution in [1.82, 2.24) is 0 Å². The van der Waals surface area contributed by atoms with Crippen molar-refractivity contribution in [3.05, 3.63) is 91.0 Å². The summed E-state index contributed by atoms with van der Waals surface area (Å²) in [6.45, 7) is 0. The van der Waals surface area contributed by atoms with E-state index in [2.05, 4.69) is 91.0 Å². The Kier molecular flexibility index (Phi) is 4.93. The molecule has 0 atom stereocenters. The molecule has 0 fully saturated rings. The van der Waals surface area contributed by atoms with Crippen molar-refractivity contribution in [3.63, 3.8) is 0 Å². The summed E-state index contributed by atoms with van der Waals surface area (Å²) in [6.07, 6.45) is 1.01. The Morgan fingerprint density at radius 2 is 0.864 bits per heavy atom. The standard InChI is InChI=1S/C20H20ClP/c21-16-17-22(18-10-4-1-5-11-18,19-12-6-2-7-13-19)20-14-8-3-9-15-20/h1-15,22H,16-17H2. The van der Waals surface area contributed by atoms with Gasteiger partial charge in [-0.2, -0.15) is 0 Å². The predicted molar refractivity (Wildman–Crippen MR) is 102 cm³/mol. The number of hydrogen-bond acceptors (Lipinski definition) is 0. The van der Waals surface area contributed by atoms with Crippen molar-refractivity contribution in [2.75, 3.05) is 12.0 Å². The molecule has 0 unspecified atom stereocenters. The summed E-state index contributed by atoms with van der Waals surface area (Å²) in [5.74, 6) is 0.672. The summed E-state index contributed by atoms with van der Waals surface area (Å²) in [4.78, 5) is 0. The normalized spacial score (nSPS) is 12.0. The molecule has 0 nitrogen and oxygen atoms in total. The van der Waals surface area contributed by atoms with Gasteiger partial charge in [0.2, 0.25) is 0 Å². The third-order valence-corrected chi connectivity index (χ3v) is 9.73. The van der Waals surface area contributed by atoms with Crippen molar-refractivity contribution in [2.24, 2.45) is 0 Å². The van der Waals surface area contributed by atoms with Crippen molar-refractivity contribution in [3.8, 4) is 0 Å². The quantitative estimate of drug-likeness (QED) is 0.492. The van der Waals surface area contributed by atoms with Crippen molar-refractivity contribution < 1.29 is 0 Å². The van der Waals surface area contributed by atoms with E-state index in [0.717, 1.165) is 6.16 Å². The van der Waals surface area contributed by atoms with Gasteiger partial charge in [-0.15, -0.1) is 0 Å². The first-order chi connectivity index (χ1) is 10.9. The predicted octanol–water partition coefficient (Wildman–Crippen LogP) is 3.95. The molecule has 0 radical (unpaired) electrons. The Morgan fingerprint density at radius 1 is 0.545 bits per heavy atom. The van der Waals surface area contributed by atoms with Gasteiger partial charge in [0.15, 0.2) is 0 Å². The van der Waals surface area contributed by atoms with Crippen LogP contribution in [0.4, 0.5) is 0 Å². The minimum absolute atomic E-state index is 0.672. The first-order valence-corrected chi connectivity index (χ1v) is 10.3. The fraction of sp³-hybridized carbons (Fsp3) is 0.100. The first-order valence-electron chi connectivity index (χ1n) is 7.60. The second-order valence-electron chi connectivity index (χ2n) is 5.44. The van der Waals surface area contributed by atoms with Gasteiger partial charge in [0, 0.05) is 0 Å². The van der Waals surface area contributed by atoms with Crippen molar-refractivity contribution >= 4 is 34.8 Å². The van der Waals surface area contributed by atoms with E-state index in [9.17, 15) is 0 Å². The Balaban J connectivity index is 2.29. The maximum atomic E-state index is 6.27. The Bertz CT molecular complexity index is 599. The Morgan fingerprint density at radius 3 is 1.14 bits per heavy atom. The molecule has 0 aliphatic carbocycles. The van der Waals surface area contributed by atoms with Gasteiger partial charge in [-0.25, -0.2) is 0 Å². The molecular formula is C20H20ClP. The SMILES string of the molecule is ClCC[PH](c1ccccc1)(c1ccccc1)c1ccccc1. The zero-order valence-electron chi connectivity index (χ0n) is 12.5. The molecule has 0 saturated carbocycles. The number of hydrogen-bond donors (Lipinski definition) is 0. The van der Waals surface area contributed by atoms with Gasteiger partial charge >= 0.3 is 138 Å². The van der Waals surface area contributed by atoms with Crippen LogP contribution in [-0.2, 0) is 0 Å². The van der Waals surface area contributed by atoms with E-state index in [-0.39, 0.29) is 0 Å². The van der Waals surface area contributed by atoms with Crippen LogP contribution in [-0.4, -0.2) is 12.0 Å². The molecule has 3 aromatic rings. The number of rotatable bonds is 5. The van der Waals surface area contributed by atoms with Gasteiger partial charge < -0.3 is 0 Å². The van der Waals surface area contributed by atoms with Crippen LogP contribution in [0.1, 0.15) is 0 Å². The maximum absolute atomic E-state index is 6.27. The molecule has 0 saturated heterocycles. The van der Waals surface area contributed by atoms with E-state index in [1.54, 1.807) is 0 Å². The van der Waals surface area contributed by atoms with Crippen LogP contribution in [0, 0.1) is 0 Å². The fourth-order valence-corrected chi connectivity index (χ4v) is 8.53. The Labute approximate surface area is 138 Å². The molecule has 0 aliphatic heterocycles. The van der Waals surface area contributed by atoms with Gasteiger partial charge in [-0.1, -0.05) is 0 Å². The second kappa shape index (κ2) is 7.09. The Hall–Kier alpha value is -1.62. The van der Waals surface area contributed by atoms with Crippen LogP contribution >= 0.6 is 18.9 Å². The topological polar surface area (TPSA) is 0 Å². The molecular weight excluding hydrogens is 307 g/mol. The molecule has 0 aromatic heterocycles.